The largest absolute Gasteiger partial charge is 0.330 e. The molecule has 1 saturated carbocycles. The van der Waals surface area contributed by atoms with E-state index in [1.54, 1.807) is 0 Å². The van der Waals surface area contributed by atoms with Crippen molar-refractivity contribution in [3.63, 3.8) is 0 Å². The van der Waals surface area contributed by atoms with Crippen LogP contribution >= 0.6 is 0 Å². The van der Waals surface area contributed by atoms with Gasteiger partial charge in [0.1, 0.15) is 0 Å². The average Bonchev–Trinajstić information content (AvgIpc) is 2.90. The van der Waals surface area contributed by atoms with Gasteiger partial charge in [-0.1, -0.05) is 44.0 Å². The van der Waals surface area contributed by atoms with Crippen LogP contribution in [0.15, 0.2) is 24.3 Å². The van der Waals surface area contributed by atoms with Crippen molar-refractivity contribution in [2.45, 2.75) is 52.0 Å². The standard InChI is InChI=1S/C17H28N2/c1-2-17(10-5-6-11-17)14-19-13-16-8-4-3-7-15(16)9-12-18/h3-4,7-8,19H,2,5-6,9-14,18H2,1H3. The van der Waals surface area contributed by atoms with E-state index in [0.29, 0.717) is 5.41 Å². The summed E-state index contributed by atoms with van der Waals surface area (Å²) in [7, 11) is 0. The van der Waals surface area contributed by atoms with E-state index < -0.39 is 0 Å². The molecule has 0 saturated heterocycles. The lowest BCUT2D eigenvalue weighted by molar-refractivity contribution is 0.268. The molecule has 1 aromatic carbocycles. The van der Waals surface area contributed by atoms with Crippen LogP contribution in [0, 0.1) is 5.41 Å². The second kappa shape index (κ2) is 7.06. The highest BCUT2D eigenvalue weighted by molar-refractivity contribution is 5.27. The minimum Gasteiger partial charge on any atom is -0.330 e. The normalized spacial score (nSPS) is 17.8. The molecule has 1 aliphatic carbocycles. The zero-order chi connectivity index (χ0) is 13.6. The quantitative estimate of drug-likeness (QED) is 0.790. The Hall–Kier alpha value is -0.860. The van der Waals surface area contributed by atoms with Gasteiger partial charge in [0.05, 0.1) is 0 Å². The molecule has 0 atom stereocenters. The third-order valence-electron chi connectivity index (χ3n) is 4.76. The van der Waals surface area contributed by atoms with Gasteiger partial charge >= 0.3 is 0 Å². The van der Waals surface area contributed by atoms with Gasteiger partial charge in [-0.2, -0.15) is 0 Å². The molecular weight excluding hydrogens is 232 g/mol. The second-order valence-electron chi connectivity index (χ2n) is 5.97. The van der Waals surface area contributed by atoms with Crippen molar-refractivity contribution in [2.24, 2.45) is 11.1 Å². The molecule has 106 valence electrons. The lowest BCUT2D eigenvalue weighted by Crippen LogP contribution is -2.31. The third-order valence-corrected chi connectivity index (χ3v) is 4.76. The summed E-state index contributed by atoms with van der Waals surface area (Å²) in [5.74, 6) is 0. The van der Waals surface area contributed by atoms with E-state index >= 15 is 0 Å². The Bertz CT molecular complexity index is 381. The molecule has 3 N–H and O–H groups in total. The molecule has 0 aliphatic heterocycles. The minimum atomic E-state index is 0.572. The molecule has 1 fully saturated rings. The van der Waals surface area contributed by atoms with Crippen molar-refractivity contribution in [1.29, 1.82) is 0 Å². The second-order valence-corrected chi connectivity index (χ2v) is 5.97. The molecule has 0 amide bonds. The molecule has 2 nitrogen and oxygen atoms in total. The number of hydrogen-bond donors (Lipinski definition) is 2. The number of hydrogen-bond acceptors (Lipinski definition) is 2. The van der Waals surface area contributed by atoms with Crippen LogP contribution in [0.2, 0.25) is 0 Å². The van der Waals surface area contributed by atoms with Gasteiger partial charge in [0.25, 0.3) is 0 Å². The van der Waals surface area contributed by atoms with Gasteiger partial charge in [0, 0.05) is 13.1 Å². The van der Waals surface area contributed by atoms with Crippen molar-refractivity contribution in [3.8, 4) is 0 Å². The lowest BCUT2D eigenvalue weighted by atomic mass is 9.83. The van der Waals surface area contributed by atoms with Crippen LogP contribution in [0.25, 0.3) is 0 Å². The lowest BCUT2D eigenvalue weighted by Gasteiger charge is -2.28. The van der Waals surface area contributed by atoms with Crippen LogP contribution < -0.4 is 11.1 Å². The van der Waals surface area contributed by atoms with E-state index in [1.165, 1.54) is 49.8 Å². The fourth-order valence-corrected chi connectivity index (χ4v) is 3.37. The molecule has 0 spiro atoms. The first-order chi connectivity index (χ1) is 9.29. The van der Waals surface area contributed by atoms with Crippen molar-refractivity contribution < 1.29 is 0 Å². The van der Waals surface area contributed by atoms with Crippen LogP contribution in [0.1, 0.15) is 50.2 Å². The molecule has 0 bridgehead atoms. The van der Waals surface area contributed by atoms with Gasteiger partial charge in [0.2, 0.25) is 0 Å². The SMILES string of the molecule is CCC1(CNCc2ccccc2CCN)CCCC1. The first kappa shape index (κ1) is 14.5. The molecule has 0 unspecified atom stereocenters. The smallest absolute Gasteiger partial charge is 0.0208 e. The van der Waals surface area contributed by atoms with Crippen LogP contribution in [0.5, 0.6) is 0 Å². The van der Waals surface area contributed by atoms with Crippen molar-refractivity contribution in [2.75, 3.05) is 13.1 Å². The van der Waals surface area contributed by atoms with Gasteiger partial charge in [-0.25, -0.2) is 0 Å². The minimum absolute atomic E-state index is 0.572. The van der Waals surface area contributed by atoms with Gasteiger partial charge in [0.15, 0.2) is 0 Å². The Balaban J connectivity index is 1.88. The molecule has 1 aliphatic rings. The van der Waals surface area contributed by atoms with E-state index in [4.69, 9.17) is 5.73 Å². The summed E-state index contributed by atoms with van der Waals surface area (Å²) < 4.78 is 0. The predicted octanol–water partition coefficient (Wildman–Crippen LogP) is 3.25. The molecule has 2 rings (SSSR count). The number of nitrogens with one attached hydrogen (secondary N) is 1. The third kappa shape index (κ3) is 3.80. The van der Waals surface area contributed by atoms with E-state index in [9.17, 15) is 0 Å². The molecule has 19 heavy (non-hydrogen) atoms. The number of benzene rings is 1. The van der Waals surface area contributed by atoms with Gasteiger partial charge < -0.3 is 11.1 Å². The fourth-order valence-electron chi connectivity index (χ4n) is 3.37. The Labute approximate surface area is 117 Å². The van der Waals surface area contributed by atoms with Crippen LogP contribution in [-0.2, 0) is 13.0 Å². The molecule has 1 aromatic rings. The highest BCUT2D eigenvalue weighted by Crippen LogP contribution is 2.40. The van der Waals surface area contributed by atoms with Gasteiger partial charge in [-0.15, -0.1) is 0 Å². The van der Waals surface area contributed by atoms with E-state index in [1.807, 2.05) is 0 Å². The molecular formula is C17H28N2. The van der Waals surface area contributed by atoms with E-state index in [0.717, 1.165) is 19.5 Å². The molecule has 2 heteroatoms. The zero-order valence-corrected chi connectivity index (χ0v) is 12.3. The van der Waals surface area contributed by atoms with E-state index in [2.05, 4.69) is 36.5 Å². The van der Waals surface area contributed by atoms with Gasteiger partial charge in [-0.3, -0.25) is 0 Å². The van der Waals surface area contributed by atoms with Crippen molar-refractivity contribution >= 4 is 0 Å². The summed E-state index contributed by atoms with van der Waals surface area (Å²) in [4.78, 5) is 0. The predicted molar refractivity (Wildman–Crippen MR) is 82.1 cm³/mol. The Kier molecular flexibility index (Phi) is 5.41. The topological polar surface area (TPSA) is 38.0 Å². The summed E-state index contributed by atoms with van der Waals surface area (Å²) in [6.07, 6.45) is 7.93. The summed E-state index contributed by atoms with van der Waals surface area (Å²) in [6.45, 7) is 5.23. The number of rotatable bonds is 7. The summed E-state index contributed by atoms with van der Waals surface area (Å²) >= 11 is 0. The summed E-state index contributed by atoms with van der Waals surface area (Å²) in [6, 6.07) is 8.67. The van der Waals surface area contributed by atoms with Gasteiger partial charge in [-0.05, 0) is 48.8 Å². The highest BCUT2D eigenvalue weighted by atomic mass is 14.9. The first-order valence-corrected chi connectivity index (χ1v) is 7.77. The van der Waals surface area contributed by atoms with Crippen LogP contribution in [0.4, 0.5) is 0 Å². The maximum absolute atomic E-state index is 5.68. The first-order valence-electron chi connectivity index (χ1n) is 7.77. The van der Waals surface area contributed by atoms with Crippen LogP contribution in [-0.4, -0.2) is 13.1 Å². The maximum atomic E-state index is 5.68. The molecule has 0 heterocycles. The number of nitrogens with two attached hydrogens (primary N) is 1. The Morgan fingerprint density at radius 1 is 1.16 bits per heavy atom. The van der Waals surface area contributed by atoms with Crippen LogP contribution in [0.3, 0.4) is 0 Å². The summed E-state index contributed by atoms with van der Waals surface area (Å²) in [5, 5.41) is 3.69. The molecule has 0 radical (unpaired) electrons. The van der Waals surface area contributed by atoms with Crippen molar-refractivity contribution in [1.82, 2.24) is 5.32 Å². The Morgan fingerprint density at radius 3 is 2.47 bits per heavy atom. The monoisotopic (exact) mass is 260 g/mol. The summed E-state index contributed by atoms with van der Waals surface area (Å²) in [5.41, 5.74) is 9.06. The Morgan fingerprint density at radius 2 is 1.84 bits per heavy atom. The van der Waals surface area contributed by atoms with E-state index in [-0.39, 0.29) is 0 Å². The average molecular weight is 260 g/mol. The molecule has 0 aromatic heterocycles. The highest BCUT2D eigenvalue weighted by Gasteiger charge is 2.31. The zero-order valence-electron chi connectivity index (χ0n) is 12.3. The maximum Gasteiger partial charge on any atom is 0.0208 e. The fraction of sp³-hybridized carbons (Fsp3) is 0.647. The van der Waals surface area contributed by atoms with Crippen molar-refractivity contribution in [3.05, 3.63) is 35.4 Å².